The number of amides is 7. The van der Waals surface area contributed by atoms with Crippen molar-refractivity contribution in [1.29, 1.82) is 0 Å². The molecule has 8 atom stereocenters. The van der Waals surface area contributed by atoms with Gasteiger partial charge in [-0.25, -0.2) is 9.59 Å². The largest absolute Gasteiger partial charge is 0.453 e. The Morgan fingerprint density at radius 2 is 1.48 bits per heavy atom. The maximum Gasteiger partial charge on any atom is 0.407 e. The molecule has 2 heterocycles. The van der Waals surface area contributed by atoms with Gasteiger partial charge in [0, 0.05) is 18.5 Å². The highest BCUT2D eigenvalue weighted by atomic mass is 16.5. The predicted octanol–water partition coefficient (Wildman–Crippen LogP) is -0.362. The fraction of sp³-hybridized carbons (Fsp3) is 0.714. The van der Waals surface area contributed by atoms with Crippen molar-refractivity contribution in [3.05, 3.63) is 11.1 Å². The molecule has 17 heteroatoms. The van der Waals surface area contributed by atoms with E-state index in [0.717, 1.165) is 44.6 Å². The second kappa shape index (κ2) is 14.4. The molecule has 17 nitrogen and oxygen atoms in total. The van der Waals surface area contributed by atoms with Gasteiger partial charge < -0.3 is 46.3 Å². The molecule has 2 saturated carbocycles. The molecule has 52 heavy (non-hydrogen) atoms. The third kappa shape index (κ3) is 7.72. The number of Topliss-reactive ketones (excluding diaryl/α,β-unsaturated/α-hetero) is 1. The van der Waals surface area contributed by atoms with Crippen LogP contribution in [0.2, 0.25) is 0 Å². The highest BCUT2D eigenvalue weighted by Gasteiger charge is 2.62. The molecule has 0 radical (unpaired) electrons. The molecule has 2 aliphatic heterocycles. The average molecular weight is 730 g/mol. The van der Waals surface area contributed by atoms with Crippen LogP contribution in [0.25, 0.3) is 0 Å². The van der Waals surface area contributed by atoms with Crippen molar-refractivity contribution in [1.82, 2.24) is 36.8 Å². The third-order valence-electron chi connectivity index (χ3n) is 10.7. The summed E-state index contributed by atoms with van der Waals surface area (Å²) in [4.78, 5) is 107. The second-order valence-corrected chi connectivity index (χ2v) is 16.6. The van der Waals surface area contributed by atoms with Crippen molar-refractivity contribution in [3.63, 3.8) is 0 Å². The smallest absolute Gasteiger partial charge is 0.407 e. The highest BCUT2D eigenvalue weighted by Crippen LogP contribution is 2.59. The number of nitrogens with one attached hydrogen (secondary N) is 6. The van der Waals surface area contributed by atoms with Gasteiger partial charge in [-0.2, -0.15) is 0 Å². The average Bonchev–Trinajstić information content (AvgIpc) is 3.76. The van der Waals surface area contributed by atoms with Gasteiger partial charge in [-0.05, 0) is 53.9 Å². The van der Waals surface area contributed by atoms with E-state index in [0.29, 0.717) is 6.42 Å². The van der Waals surface area contributed by atoms with Crippen LogP contribution in [-0.2, 0) is 38.2 Å². The number of likely N-dealkylation sites (tertiary alicyclic amines) is 1. The molecule has 3 fully saturated rings. The first-order valence-electron chi connectivity index (χ1n) is 17.7. The van der Waals surface area contributed by atoms with Crippen LogP contribution in [-0.4, -0.2) is 116 Å². The molecule has 6 N–H and O–H groups in total. The Balaban J connectivity index is 1.35. The van der Waals surface area contributed by atoms with Crippen LogP contribution in [0.1, 0.15) is 67.2 Å². The van der Waals surface area contributed by atoms with Crippen LogP contribution in [0, 0.1) is 28.6 Å². The molecule has 5 rings (SSSR count). The molecule has 2 unspecified atom stereocenters. The van der Waals surface area contributed by atoms with Gasteiger partial charge in [0.05, 0.1) is 20.8 Å². The number of hydrogen-bond donors (Lipinski definition) is 6. The third-order valence-corrected chi connectivity index (χ3v) is 10.7. The number of nitrogens with zero attached hydrogens (tertiary/aromatic N) is 1. The van der Waals surface area contributed by atoms with Crippen LogP contribution in [0.4, 0.5) is 9.59 Å². The van der Waals surface area contributed by atoms with Gasteiger partial charge in [0.1, 0.15) is 30.2 Å². The number of ether oxygens (including phenoxy) is 2. The Hall–Kier alpha value is -4.70. The van der Waals surface area contributed by atoms with E-state index in [4.69, 9.17) is 0 Å². The number of ketones is 1. The van der Waals surface area contributed by atoms with E-state index >= 15 is 0 Å². The maximum absolute atomic E-state index is 14.6. The van der Waals surface area contributed by atoms with Gasteiger partial charge >= 0.3 is 12.2 Å². The van der Waals surface area contributed by atoms with Gasteiger partial charge in [-0.1, -0.05) is 47.1 Å². The molecule has 1 saturated heterocycles. The van der Waals surface area contributed by atoms with Gasteiger partial charge in [0.15, 0.2) is 0 Å². The summed E-state index contributed by atoms with van der Waals surface area (Å²) >= 11 is 0. The van der Waals surface area contributed by atoms with Gasteiger partial charge in [0.25, 0.3) is 5.91 Å². The van der Waals surface area contributed by atoms with E-state index in [-0.39, 0.29) is 36.9 Å². The zero-order chi connectivity index (χ0) is 38.4. The Labute approximate surface area is 302 Å². The van der Waals surface area contributed by atoms with Gasteiger partial charge in [0.2, 0.25) is 29.4 Å². The molecule has 5 aliphatic rings. The fourth-order valence-corrected chi connectivity index (χ4v) is 7.86. The summed E-state index contributed by atoms with van der Waals surface area (Å²) in [6.07, 6.45) is 1.19. The molecule has 0 spiro atoms. The molecule has 0 aromatic carbocycles. The van der Waals surface area contributed by atoms with Gasteiger partial charge in [-0.15, -0.1) is 0 Å². The monoisotopic (exact) mass is 729 g/mol. The summed E-state index contributed by atoms with van der Waals surface area (Å²) in [5.41, 5.74) is -0.00645. The van der Waals surface area contributed by atoms with Gasteiger partial charge in [-0.3, -0.25) is 28.8 Å². The summed E-state index contributed by atoms with van der Waals surface area (Å²) in [5, 5.41) is 15.7. The Morgan fingerprint density at radius 3 is 2.06 bits per heavy atom. The lowest BCUT2D eigenvalue weighted by molar-refractivity contribution is -0.146. The number of rotatable bonds is 11. The van der Waals surface area contributed by atoms with E-state index in [1.54, 1.807) is 41.5 Å². The molecular formula is C35H51N7O10. The second-order valence-electron chi connectivity index (χ2n) is 16.6. The summed E-state index contributed by atoms with van der Waals surface area (Å²) in [6, 6.07) is -5.75. The van der Waals surface area contributed by atoms with E-state index < -0.39 is 88.5 Å². The first kappa shape index (κ1) is 38.5. The first-order chi connectivity index (χ1) is 24.3. The minimum absolute atomic E-state index is 0.0228. The Kier molecular flexibility index (Phi) is 10.7. The van der Waals surface area contributed by atoms with Crippen molar-refractivity contribution in [2.45, 2.75) is 103 Å². The SMILES string of the molecule is COC(=O)NC[C@H](NC(=O)OC)C(=O)N[C@H](C(=O)N[C@H](C(=O)N1C[C@@H]2CC3CC4=C3[C@@H]2C1C(=O)N[C@@H]4C(=O)C(=O)NC1CC1)C(C)(C)C)C(C)(C)C. The zero-order valence-electron chi connectivity index (χ0n) is 31.0. The summed E-state index contributed by atoms with van der Waals surface area (Å²) in [6.45, 7) is 10.3. The summed E-state index contributed by atoms with van der Waals surface area (Å²) in [7, 11) is 2.24. The van der Waals surface area contributed by atoms with Crippen LogP contribution < -0.4 is 31.9 Å². The lowest BCUT2D eigenvalue weighted by Gasteiger charge is -2.39. The highest BCUT2D eigenvalue weighted by molar-refractivity contribution is 6.39. The summed E-state index contributed by atoms with van der Waals surface area (Å²) < 4.78 is 9.16. The molecular weight excluding hydrogens is 678 g/mol. The quantitative estimate of drug-likeness (QED) is 0.119. The lowest BCUT2D eigenvalue weighted by Crippen LogP contribution is -2.64. The van der Waals surface area contributed by atoms with Crippen molar-refractivity contribution in [2.75, 3.05) is 27.3 Å². The Bertz CT molecular complexity index is 1580. The van der Waals surface area contributed by atoms with Crippen LogP contribution in [0.5, 0.6) is 0 Å². The van der Waals surface area contributed by atoms with Crippen LogP contribution >= 0.6 is 0 Å². The molecule has 286 valence electrons. The van der Waals surface area contributed by atoms with Crippen LogP contribution in [0.15, 0.2) is 11.1 Å². The standard InChI is InChI=1S/C35H51N7O10/c1-34(2,3)25(40-27(44)19(38-33(50)52-8)13-36-32(49)51-7)30(47)41-26(35(4,5)6)31(48)42-14-16-11-15-12-18-20(15)21(16)23(42)28(45)39-22(18)24(43)29(46)37-17-9-10-17/h15-17,19,21-23,25-26H,9-14H2,1-8H3,(H,36,49)(H,37,46)(H,38,50)(H,39,45)(H,40,44)(H,41,47)/t15?,16-,19-,21+,22-,23?,25+,26+/m0/s1. The number of carbonyl (C=O) groups excluding carboxylic acids is 8. The predicted molar refractivity (Wildman–Crippen MR) is 183 cm³/mol. The normalized spacial score (nSPS) is 26.3. The zero-order valence-corrected chi connectivity index (χ0v) is 31.0. The summed E-state index contributed by atoms with van der Waals surface area (Å²) in [5.74, 6) is -4.06. The van der Waals surface area contributed by atoms with Crippen molar-refractivity contribution in [2.24, 2.45) is 28.6 Å². The molecule has 3 aliphatic carbocycles. The lowest BCUT2D eigenvalue weighted by atomic mass is 9.72. The minimum Gasteiger partial charge on any atom is -0.453 e. The maximum atomic E-state index is 14.6. The topological polar surface area (TPSA) is 230 Å². The number of alkyl carbamates (subject to hydrolysis) is 2. The molecule has 7 amide bonds. The van der Waals surface area contributed by atoms with E-state index in [1.807, 2.05) is 0 Å². The van der Waals surface area contributed by atoms with E-state index in [1.165, 1.54) is 4.90 Å². The Morgan fingerprint density at radius 1 is 0.865 bits per heavy atom. The van der Waals surface area contributed by atoms with E-state index in [9.17, 15) is 38.4 Å². The number of hydrogen-bond acceptors (Lipinski definition) is 10. The molecule has 0 aromatic rings. The van der Waals surface area contributed by atoms with Crippen molar-refractivity contribution < 1.29 is 47.8 Å². The number of methoxy groups -OCH3 is 2. The first-order valence-corrected chi connectivity index (χ1v) is 17.7. The van der Waals surface area contributed by atoms with Crippen molar-refractivity contribution in [3.8, 4) is 0 Å². The molecule has 0 bridgehead atoms. The van der Waals surface area contributed by atoms with E-state index in [2.05, 4.69) is 41.4 Å². The minimum atomic E-state index is -1.35. The van der Waals surface area contributed by atoms with Crippen molar-refractivity contribution >= 4 is 47.5 Å². The van der Waals surface area contributed by atoms with Crippen LogP contribution in [0.3, 0.4) is 0 Å². The molecule has 0 aromatic heterocycles. The fourth-order valence-electron chi connectivity index (χ4n) is 7.86. The number of carbonyl (C=O) groups is 8.